The van der Waals surface area contributed by atoms with Gasteiger partial charge in [-0.25, -0.2) is 0 Å². The summed E-state index contributed by atoms with van der Waals surface area (Å²) in [4.78, 5) is 26.5. The number of carbonyl (C=O) groups is 2. The highest BCUT2D eigenvalue weighted by Gasteiger charge is 2.21. The molecule has 0 spiro atoms. The van der Waals surface area contributed by atoms with Crippen LogP contribution in [0.3, 0.4) is 0 Å². The third-order valence-corrected chi connectivity index (χ3v) is 4.47. The van der Waals surface area contributed by atoms with Crippen molar-refractivity contribution in [3.05, 3.63) is 59.2 Å². The molecular weight excluding hydrogens is 300 g/mol. The van der Waals surface area contributed by atoms with Gasteiger partial charge in [0.15, 0.2) is 0 Å². The maximum absolute atomic E-state index is 12.5. The van der Waals surface area contributed by atoms with Gasteiger partial charge in [-0.1, -0.05) is 24.3 Å². The van der Waals surface area contributed by atoms with E-state index in [1.165, 1.54) is 0 Å². The van der Waals surface area contributed by atoms with Gasteiger partial charge in [0.1, 0.15) is 0 Å². The summed E-state index contributed by atoms with van der Waals surface area (Å²) in [6.07, 6.45) is 2.57. The quantitative estimate of drug-likeness (QED) is 0.926. The highest BCUT2D eigenvalue weighted by Crippen LogP contribution is 2.28. The molecule has 3 rings (SSSR count). The van der Waals surface area contributed by atoms with E-state index in [1.807, 2.05) is 61.2 Å². The number of amides is 2. The van der Waals surface area contributed by atoms with Crippen LogP contribution < -0.4 is 10.2 Å². The van der Waals surface area contributed by atoms with E-state index >= 15 is 0 Å². The van der Waals surface area contributed by atoms with Gasteiger partial charge in [-0.05, 0) is 56.0 Å². The second kappa shape index (κ2) is 6.87. The average Bonchev–Trinajstić information content (AvgIpc) is 2.57. The first kappa shape index (κ1) is 16.2. The Morgan fingerprint density at radius 2 is 1.83 bits per heavy atom. The molecule has 0 aromatic heterocycles. The van der Waals surface area contributed by atoms with E-state index in [0.29, 0.717) is 17.7 Å². The summed E-state index contributed by atoms with van der Waals surface area (Å²) in [6.45, 7) is 4.65. The molecule has 1 aliphatic heterocycles. The Hall–Kier alpha value is -2.62. The summed E-state index contributed by atoms with van der Waals surface area (Å²) in [5.74, 6) is 0.0274. The number of anilines is 2. The Balaban J connectivity index is 1.85. The predicted octanol–water partition coefficient (Wildman–Crippen LogP) is 4.07. The van der Waals surface area contributed by atoms with Crippen LogP contribution in [-0.2, 0) is 4.79 Å². The molecule has 0 saturated carbocycles. The number of nitrogens with zero attached hydrogens (tertiary/aromatic N) is 1. The van der Waals surface area contributed by atoms with Gasteiger partial charge in [0.2, 0.25) is 5.91 Å². The molecule has 2 amide bonds. The highest BCUT2D eigenvalue weighted by atomic mass is 16.2. The minimum absolute atomic E-state index is 0.132. The molecule has 0 atom stereocenters. The smallest absolute Gasteiger partial charge is 0.255 e. The van der Waals surface area contributed by atoms with Gasteiger partial charge in [0.25, 0.3) is 5.91 Å². The average molecular weight is 322 g/mol. The van der Waals surface area contributed by atoms with Crippen LogP contribution in [0.1, 0.15) is 40.7 Å². The van der Waals surface area contributed by atoms with E-state index in [9.17, 15) is 9.59 Å². The molecule has 0 aliphatic carbocycles. The normalized spacial score (nSPS) is 14.6. The zero-order valence-corrected chi connectivity index (χ0v) is 14.1. The zero-order chi connectivity index (χ0) is 17.1. The SMILES string of the molecule is Cc1ccccc1C(=O)Nc1ccc(C)c(N2CCCCC2=O)c1. The number of nitrogens with one attached hydrogen (secondary N) is 1. The van der Waals surface area contributed by atoms with Crippen molar-refractivity contribution in [3.8, 4) is 0 Å². The molecule has 124 valence electrons. The number of benzene rings is 2. The van der Waals surface area contributed by atoms with Gasteiger partial charge in [-0.3, -0.25) is 9.59 Å². The minimum Gasteiger partial charge on any atom is -0.322 e. The second-order valence-corrected chi connectivity index (χ2v) is 6.27. The fraction of sp³-hybridized carbons (Fsp3) is 0.300. The van der Waals surface area contributed by atoms with Crippen LogP contribution in [0, 0.1) is 13.8 Å². The standard InChI is InChI=1S/C20H22N2O2/c1-14-7-3-4-8-17(14)20(24)21-16-11-10-15(2)18(13-16)22-12-6-5-9-19(22)23/h3-4,7-8,10-11,13H,5-6,9,12H2,1-2H3,(H,21,24). The van der Waals surface area contributed by atoms with Crippen LogP contribution in [0.5, 0.6) is 0 Å². The number of hydrogen-bond acceptors (Lipinski definition) is 2. The van der Waals surface area contributed by atoms with Gasteiger partial charge >= 0.3 is 0 Å². The zero-order valence-electron chi connectivity index (χ0n) is 14.1. The van der Waals surface area contributed by atoms with Crippen LogP contribution in [0.15, 0.2) is 42.5 Å². The summed E-state index contributed by atoms with van der Waals surface area (Å²) in [6, 6.07) is 13.2. The predicted molar refractivity (Wildman–Crippen MR) is 96.5 cm³/mol. The molecular formula is C20H22N2O2. The van der Waals surface area contributed by atoms with Crippen molar-refractivity contribution in [1.82, 2.24) is 0 Å². The van der Waals surface area contributed by atoms with E-state index in [4.69, 9.17) is 0 Å². The van der Waals surface area contributed by atoms with Gasteiger partial charge in [-0.15, -0.1) is 0 Å². The molecule has 1 N–H and O–H groups in total. The number of carbonyl (C=O) groups excluding carboxylic acids is 2. The second-order valence-electron chi connectivity index (χ2n) is 6.27. The van der Waals surface area contributed by atoms with Crippen molar-refractivity contribution in [3.63, 3.8) is 0 Å². The number of rotatable bonds is 3. The molecule has 0 radical (unpaired) electrons. The summed E-state index contributed by atoms with van der Waals surface area (Å²) in [5, 5.41) is 2.94. The molecule has 1 heterocycles. The minimum atomic E-state index is -0.132. The number of hydrogen-bond donors (Lipinski definition) is 1. The Morgan fingerprint density at radius 1 is 1.04 bits per heavy atom. The lowest BCUT2D eigenvalue weighted by Crippen LogP contribution is -2.35. The summed E-state index contributed by atoms with van der Waals surface area (Å²) in [5.41, 5.74) is 4.24. The number of piperidine rings is 1. The van der Waals surface area contributed by atoms with Gasteiger partial charge < -0.3 is 10.2 Å². The van der Waals surface area contributed by atoms with E-state index < -0.39 is 0 Å². The Bertz CT molecular complexity index is 783. The fourth-order valence-corrected chi connectivity index (χ4v) is 3.06. The molecule has 24 heavy (non-hydrogen) atoms. The largest absolute Gasteiger partial charge is 0.322 e. The van der Waals surface area contributed by atoms with Crippen molar-refractivity contribution in [2.45, 2.75) is 33.1 Å². The van der Waals surface area contributed by atoms with Crippen LogP contribution in [0.25, 0.3) is 0 Å². The van der Waals surface area contributed by atoms with Gasteiger partial charge in [-0.2, -0.15) is 0 Å². The maximum Gasteiger partial charge on any atom is 0.255 e. The van der Waals surface area contributed by atoms with Gasteiger partial charge in [0.05, 0.1) is 0 Å². The Labute approximate surface area is 142 Å². The molecule has 1 aliphatic rings. The summed E-state index contributed by atoms with van der Waals surface area (Å²) < 4.78 is 0. The van der Waals surface area contributed by atoms with E-state index in [0.717, 1.165) is 36.2 Å². The van der Waals surface area contributed by atoms with Crippen LogP contribution in [-0.4, -0.2) is 18.4 Å². The maximum atomic E-state index is 12.5. The van der Waals surface area contributed by atoms with Gasteiger partial charge in [0, 0.05) is 29.9 Å². The lowest BCUT2D eigenvalue weighted by molar-refractivity contribution is -0.119. The van der Waals surface area contributed by atoms with E-state index in [2.05, 4.69) is 5.32 Å². The molecule has 2 aromatic rings. The van der Waals surface area contributed by atoms with Crippen molar-refractivity contribution in [1.29, 1.82) is 0 Å². The highest BCUT2D eigenvalue weighted by molar-refractivity contribution is 6.05. The first-order chi connectivity index (χ1) is 11.6. The molecule has 2 aromatic carbocycles. The Kier molecular flexibility index (Phi) is 4.65. The van der Waals surface area contributed by atoms with Crippen LogP contribution >= 0.6 is 0 Å². The third-order valence-electron chi connectivity index (χ3n) is 4.47. The topological polar surface area (TPSA) is 49.4 Å². The molecule has 4 nitrogen and oxygen atoms in total. The summed E-state index contributed by atoms with van der Waals surface area (Å²) >= 11 is 0. The summed E-state index contributed by atoms with van der Waals surface area (Å²) in [7, 11) is 0. The van der Waals surface area contributed by atoms with Crippen molar-refractivity contribution in [2.75, 3.05) is 16.8 Å². The van der Waals surface area contributed by atoms with Crippen molar-refractivity contribution >= 4 is 23.2 Å². The monoisotopic (exact) mass is 322 g/mol. The molecule has 4 heteroatoms. The van der Waals surface area contributed by atoms with Crippen LogP contribution in [0.2, 0.25) is 0 Å². The van der Waals surface area contributed by atoms with E-state index in [-0.39, 0.29) is 11.8 Å². The molecule has 0 unspecified atom stereocenters. The third kappa shape index (κ3) is 3.32. The first-order valence-electron chi connectivity index (χ1n) is 8.34. The molecule has 0 bridgehead atoms. The lowest BCUT2D eigenvalue weighted by Gasteiger charge is -2.28. The van der Waals surface area contributed by atoms with Crippen LogP contribution in [0.4, 0.5) is 11.4 Å². The Morgan fingerprint density at radius 3 is 2.58 bits per heavy atom. The molecule has 1 fully saturated rings. The molecule has 1 saturated heterocycles. The van der Waals surface area contributed by atoms with Crippen molar-refractivity contribution < 1.29 is 9.59 Å². The fourth-order valence-electron chi connectivity index (χ4n) is 3.06. The lowest BCUT2D eigenvalue weighted by atomic mass is 10.1. The first-order valence-corrected chi connectivity index (χ1v) is 8.34. The van der Waals surface area contributed by atoms with E-state index in [1.54, 1.807) is 0 Å². The van der Waals surface area contributed by atoms with Crippen molar-refractivity contribution in [2.24, 2.45) is 0 Å². The number of aryl methyl sites for hydroxylation is 2.